The van der Waals surface area contributed by atoms with E-state index in [0.29, 0.717) is 16.0 Å². The lowest BCUT2D eigenvalue weighted by Gasteiger charge is -2.09. The van der Waals surface area contributed by atoms with Gasteiger partial charge in [-0.05, 0) is 37.8 Å². The van der Waals surface area contributed by atoms with Gasteiger partial charge in [-0.2, -0.15) is 5.10 Å². The number of carbonyl (C=O) groups is 4. The van der Waals surface area contributed by atoms with E-state index in [0.717, 1.165) is 35.2 Å². The number of nitrogens with zero attached hydrogens (tertiary/aromatic N) is 1. The van der Waals surface area contributed by atoms with Crippen molar-refractivity contribution < 1.29 is 28.7 Å². The van der Waals surface area contributed by atoms with Gasteiger partial charge in [0.2, 0.25) is 0 Å². The Hall–Kier alpha value is -3.73. The highest BCUT2D eigenvalue weighted by Gasteiger charge is 2.28. The highest BCUT2D eigenvalue weighted by molar-refractivity contribution is 7.17. The Morgan fingerprint density at radius 3 is 2.79 bits per heavy atom. The monoisotopic (exact) mass is 484 g/mol. The van der Waals surface area contributed by atoms with Crippen LogP contribution in [0.1, 0.15) is 51.1 Å². The van der Waals surface area contributed by atoms with Crippen LogP contribution in [0.25, 0.3) is 10.9 Å². The van der Waals surface area contributed by atoms with Gasteiger partial charge in [-0.3, -0.25) is 19.5 Å². The lowest BCUT2D eigenvalue weighted by Crippen LogP contribution is -2.28. The van der Waals surface area contributed by atoms with Gasteiger partial charge in [-0.15, -0.1) is 11.3 Å². The first-order chi connectivity index (χ1) is 16.5. The molecule has 2 aromatic heterocycles. The second-order valence-corrected chi connectivity index (χ2v) is 8.72. The van der Waals surface area contributed by atoms with Gasteiger partial charge in [0.25, 0.3) is 11.8 Å². The fourth-order valence-corrected chi connectivity index (χ4v) is 5.08. The van der Waals surface area contributed by atoms with Crippen LogP contribution in [0.2, 0.25) is 0 Å². The summed E-state index contributed by atoms with van der Waals surface area (Å²) >= 11 is 1.35. The maximum absolute atomic E-state index is 12.4. The minimum absolute atomic E-state index is 0.0329. The molecule has 3 aromatic rings. The number of aromatic amines is 1. The molecule has 0 radical (unpaired) electrons. The molecule has 0 unspecified atom stereocenters. The van der Waals surface area contributed by atoms with E-state index in [1.165, 1.54) is 11.3 Å². The molecule has 3 N–H and O–H groups in total. The second-order valence-electron chi connectivity index (χ2n) is 7.61. The fraction of sp³-hybridized carbons (Fsp3) is 0.348. The number of rotatable bonds is 9. The van der Waals surface area contributed by atoms with Gasteiger partial charge >= 0.3 is 11.9 Å². The lowest BCUT2D eigenvalue weighted by molar-refractivity contribution is -0.147. The highest BCUT2D eigenvalue weighted by atomic mass is 32.1. The predicted octanol–water partition coefficient (Wildman–Crippen LogP) is 2.59. The smallest absolute Gasteiger partial charge is 0.341 e. The molecule has 10 nitrogen and oxygen atoms in total. The Labute approximate surface area is 199 Å². The number of benzene rings is 1. The SMILES string of the molecule is CCOC(=O)c1c(NC(=O)COC(=O)CCNC(=O)c2n[nH]c3ccccc23)sc2c1CCC2. The summed E-state index contributed by atoms with van der Waals surface area (Å²) in [5, 5.41) is 13.2. The van der Waals surface area contributed by atoms with Crippen molar-refractivity contribution in [2.45, 2.75) is 32.6 Å². The predicted molar refractivity (Wildman–Crippen MR) is 125 cm³/mol. The van der Waals surface area contributed by atoms with Crippen molar-refractivity contribution in [3.8, 4) is 0 Å². The highest BCUT2D eigenvalue weighted by Crippen LogP contribution is 2.39. The van der Waals surface area contributed by atoms with Crippen molar-refractivity contribution in [2.75, 3.05) is 25.1 Å². The molecule has 178 valence electrons. The molecule has 0 atom stereocenters. The van der Waals surface area contributed by atoms with E-state index in [9.17, 15) is 19.2 Å². The summed E-state index contributed by atoms with van der Waals surface area (Å²) in [4.78, 5) is 50.1. The standard InChI is InChI=1S/C23H24N4O6S/c1-2-32-23(31)19-14-7-5-9-16(14)34-22(19)25-17(28)12-33-18(29)10-11-24-21(30)20-13-6-3-4-8-15(13)26-27-20/h3-4,6,8H,2,5,7,9-12H2,1H3,(H,24,30)(H,25,28)(H,26,27). The van der Waals surface area contributed by atoms with Crippen LogP contribution in [0.15, 0.2) is 24.3 Å². The maximum atomic E-state index is 12.4. The number of anilines is 1. The number of amides is 2. The van der Waals surface area contributed by atoms with Crippen LogP contribution in [0.3, 0.4) is 0 Å². The zero-order valence-corrected chi connectivity index (χ0v) is 19.4. The van der Waals surface area contributed by atoms with Crippen LogP contribution in [-0.2, 0) is 31.9 Å². The second kappa shape index (κ2) is 10.5. The molecule has 2 heterocycles. The van der Waals surface area contributed by atoms with Crippen molar-refractivity contribution >= 4 is 51.0 Å². The number of hydrogen-bond donors (Lipinski definition) is 3. The number of aryl methyl sites for hydroxylation is 1. The summed E-state index contributed by atoms with van der Waals surface area (Å²) in [6, 6.07) is 7.21. The number of ether oxygens (including phenoxy) is 2. The van der Waals surface area contributed by atoms with Crippen molar-refractivity contribution in [1.82, 2.24) is 15.5 Å². The van der Waals surface area contributed by atoms with Crippen LogP contribution < -0.4 is 10.6 Å². The minimum Gasteiger partial charge on any atom is -0.462 e. The molecule has 0 aliphatic heterocycles. The third-order valence-corrected chi connectivity index (χ3v) is 6.53. The zero-order valence-electron chi connectivity index (χ0n) is 18.6. The largest absolute Gasteiger partial charge is 0.462 e. The van der Waals surface area contributed by atoms with Gasteiger partial charge < -0.3 is 20.1 Å². The molecule has 1 aromatic carbocycles. The van der Waals surface area contributed by atoms with E-state index >= 15 is 0 Å². The Kier molecular flexibility index (Phi) is 7.21. The van der Waals surface area contributed by atoms with Gasteiger partial charge in [-0.25, -0.2) is 4.79 Å². The van der Waals surface area contributed by atoms with Gasteiger partial charge in [0.05, 0.1) is 24.1 Å². The number of para-hydroxylation sites is 1. The normalized spacial score (nSPS) is 12.3. The Balaban J connectivity index is 1.24. The van der Waals surface area contributed by atoms with E-state index in [1.54, 1.807) is 25.1 Å². The van der Waals surface area contributed by atoms with E-state index < -0.39 is 30.4 Å². The molecule has 1 aliphatic rings. The van der Waals surface area contributed by atoms with Crippen molar-refractivity contribution in [3.05, 3.63) is 46.0 Å². The quantitative estimate of drug-likeness (QED) is 0.397. The van der Waals surface area contributed by atoms with Gasteiger partial charge in [0.15, 0.2) is 12.3 Å². The van der Waals surface area contributed by atoms with Crippen LogP contribution in [0.4, 0.5) is 5.00 Å². The Morgan fingerprint density at radius 1 is 1.15 bits per heavy atom. The van der Waals surface area contributed by atoms with E-state index in [2.05, 4.69) is 20.8 Å². The third kappa shape index (κ3) is 5.09. The molecular weight excluding hydrogens is 460 g/mol. The van der Waals surface area contributed by atoms with E-state index in [4.69, 9.17) is 9.47 Å². The molecule has 0 saturated carbocycles. The molecule has 1 aliphatic carbocycles. The molecule has 2 amide bonds. The number of fused-ring (bicyclic) bond motifs is 2. The summed E-state index contributed by atoms with van der Waals surface area (Å²) in [6.07, 6.45) is 2.48. The number of esters is 2. The van der Waals surface area contributed by atoms with Crippen LogP contribution in [0.5, 0.6) is 0 Å². The topological polar surface area (TPSA) is 139 Å². The maximum Gasteiger partial charge on any atom is 0.341 e. The van der Waals surface area contributed by atoms with Crippen LogP contribution in [-0.4, -0.2) is 53.7 Å². The summed E-state index contributed by atoms with van der Waals surface area (Å²) in [5.74, 6) is -2.07. The van der Waals surface area contributed by atoms with Gasteiger partial charge in [0, 0.05) is 16.8 Å². The van der Waals surface area contributed by atoms with E-state index in [-0.39, 0.29) is 25.3 Å². The van der Waals surface area contributed by atoms with Crippen molar-refractivity contribution in [3.63, 3.8) is 0 Å². The summed E-state index contributed by atoms with van der Waals surface area (Å²) in [7, 11) is 0. The number of aromatic nitrogens is 2. The first-order valence-electron chi connectivity index (χ1n) is 11.0. The average Bonchev–Trinajstić information content (AvgIpc) is 3.52. The first kappa shape index (κ1) is 23.4. The molecule has 11 heteroatoms. The minimum atomic E-state index is -0.637. The molecule has 0 fully saturated rings. The molecule has 34 heavy (non-hydrogen) atoms. The molecule has 0 saturated heterocycles. The number of thiophene rings is 1. The summed E-state index contributed by atoms with van der Waals surface area (Å²) in [6.45, 7) is 1.50. The lowest BCUT2D eigenvalue weighted by atomic mass is 10.1. The van der Waals surface area contributed by atoms with E-state index in [1.807, 2.05) is 6.07 Å². The molecule has 4 rings (SSSR count). The van der Waals surface area contributed by atoms with Crippen LogP contribution in [0, 0.1) is 0 Å². The Bertz CT molecular complexity index is 1250. The zero-order chi connectivity index (χ0) is 24.1. The molecule has 0 spiro atoms. The summed E-state index contributed by atoms with van der Waals surface area (Å²) in [5.41, 5.74) is 2.30. The van der Waals surface area contributed by atoms with Crippen LogP contribution >= 0.6 is 11.3 Å². The number of H-pyrrole nitrogens is 1. The molecular formula is C23H24N4O6S. The van der Waals surface area contributed by atoms with Crippen molar-refractivity contribution in [2.24, 2.45) is 0 Å². The molecule has 0 bridgehead atoms. The fourth-order valence-electron chi connectivity index (χ4n) is 3.79. The number of carbonyl (C=O) groups excluding carboxylic acids is 4. The first-order valence-corrected chi connectivity index (χ1v) is 11.8. The van der Waals surface area contributed by atoms with Crippen molar-refractivity contribution in [1.29, 1.82) is 0 Å². The number of nitrogens with one attached hydrogen (secondary N) is 3. The summed E-state index contributed by atoms with van der Waals surface area (Å²) < 4.78 is 10.1. The van der Waals surface area contributed by atoms with Gasteiger partial charge in [0.1, 0.15) is 5.00 Å². The number of hydrogen-bond acceptors (Lipinski definition) is 8. The average molecular weight is 485 g/mol. The Morgan fingerprint density at radius 2 is 1.97 bits per heavy atom. The third-order valence-electron chi connectivity index (χ3n) is 5.32. The van der Waals surface area contributed by atoms with Gasteiger partial charge in [-0.1, -0.05) is 18.2 Å².